The van der Waals surface area contributed by atoms with Crippen LogP contribution in [-0.2, 0) is 4.79 Å². The van der Waals surface area contributed by atoms with Gasteiger partial charge in [-0.1, -0.05) is 0 Å². The maximum Gasteiger partial charge on any atom is 0.224 e. The molecule has 1 rings (SSSR count). The van der Waals surface area contributed by atoms with Gasteiger partial charge in [0, 0.05) is 18.2 Å². The third-order valence-corrected chi connectivity index (χ3v) is 2.97. The van der Waals surface area contributed by atoms with Crippen LogP contribution in [0.1, 0.15) is 32.4 Å². The first kappa shape index (κ1) is 14.4. The number of rotatable bonds is 5. The first-order valence-corrected chi connectivity index (χ1v) is 5.76. The van der Waals surface area contributed by atoms with Gasteiger partial charge in [-0.3, -0.25) is 4.79 Å². The number of phenols is 1. The Morgan fingerprint density at radius 1 is 1.56 bits per heavy atom. The highest BCUT2D eigenvalue weighted by atomic mass is 19.1. The van der Waals surface area contributed by atoms with Crippen molar-refractivity contribution in [2.24, 2.45) is 11.1 Å². The highest BCUT2D eigenvalue weighted by Gasteiger charge is 2.25. The summed E-state index contributed by atoms with van der Waals surface area (Å²) in [6.45, 7) is 5.58. The highest BCUT2D eigenvalue weighted by Crippen LogP contribution is 2.25. The van der Waals surface area contributed by atoms with Gasteiger partial charge in [-0.05, 0) is 39.0 Å². The number of halogens is 1. The van der Waals surface area contributed by atoms with E-state index in [1.54, 1.807) is 20.8 Å². The molecule has 0 spiro atoms. The van der Waals surface area contributed by atoms with E-state index in [2.05, 4.69) is 5.32 Å². The molecule has 1 aromatic rings. The van der Waals surface area contributed by atoms with Gasteiger partial charge in [-0.15, -0.1) is 0 Å². The zero-order chi connectivity index (χ0) is 13.9. The molecule has 100 valence electrons. The third-order valence-electron chi connectivity index (χ3n) is 2.97. The molecule has 1 unspecified atom stereocenters. The molecular weight excluding hydrogens is 235 g/mol. The summed E-state index contributed by atoms with van der Waals surface area (Å²) in [6, 6.07) is 3.49. The molecule has 0 heterocycles. The molecule has 1 amide bonds. The number of hydrogen-bond acceptors (Lipinski definition) is 3. The Labute approximate surface area is 106 Å². The minimum Gasteiger partial charge on any atom is -0.508 e. The number of nitrogens with one attached hydrogen (secondary N) is 1. The van der Waals surface area contributed by atoms with Crippen molar-refractivity contribution in [1.82, 2.24) is 5.32 Å². The molecule has 18 heavy (non-hydrogen) atoms. The number of hydrogen-bond donors (Lipinski definition) is 3. The Bertz CT molecular complexity index is 447. The molecule has 1 atom stereocenters. The van der Waals surface area contributed by atoms with E-state index in [-0.39, 0.29) is 11.8 Å². The Balaban J connectivity index is 2.74. The van der Waals surface area contributed by atoms with Crippen molar-refractivity contribution in [2.45, 2.75) is 26.8 Å². The van der Waals surface area contributed by atoms with Crippen molar-refractivity contribution in [2.75, 3.05) is 6.54 Å². The van der Waals surface area contributed by atoms with Crippen molar-refractivity contribution in [3.05, 3.63) is 29.6 Å². The Morgan fingerprint density at radius 2 is 2.17 bits per heavy atom. The maximum atomic E-state index is 13.1. The molecule has 0 radical (unpaired) electrons. The molecule has 1 aromatic carbocycles. The molecule has 0 aromatic heterocycles. The average Bonchev–Trinajstić information content (AvgIpc) is 2.29. The van der Waals surface area contributed by atoms with Crippen LogP contribution in [0.2, 0.25) is 0 Å². The zero-order valence-corrected chi connectivity index (χ0v) is 10.8. The predicted molar refractivity (Wildman–Crippen MR) is 67.5 cm³/mol. The van der Waals surface area contributed by atoms with E-state index in [1.807, 2.05) is 0 Å². The number of carbonyl (C=O) groups excluding carboxylic acids is 1. The second kappa shape index (κ2) is 5.35. The van der Waals surface area contributed by atoms with Crippen LogP contribution < -0.4 is 11.1 Å². The van der Waals surface area contributed by atoms with Crippen LogP contribution in [0.25, 0.3) is 0 Å². The number of phenolic OH excluding ortho intramolecular Hbond substituents is 1. The quantitative estimate of drug-likeness (QED) is 0.748. The van der Waals surface area contributed by atoms with Crippen LogP contribution in [0.3, 0.4) is 0 Å². The largest absolute Gasteiger partial charge is 0.508 e. The van der Waals surface area contributed by atoms with Gasteiger partial charge in [0.1, 0.15) is 11.6 Å². The molecule has 0 saturated heterocycles. The highest BCUT2D eigenvalue weighted by molar-refractivity contribution is 5.80. The Kier molecular flexibility index (Phi) is 4.29. The smallest absolute Gasteiger partial charge is 0.224 e. The van der Waals surface area contributed by atoms with E-state index < -0.39 is 17.1 Å². The van der Waals surface area contributed by atoms with Gasteiger partial charge >= 0.3 is 0 Å². The second-order valence-electron chi connectivity index (χ2n) is 5.05. The number of amides is 1. The lowest BCUT2D eigenvalue weighted by Gasteiger charge is -2.24. The average molecular weight is 254 g/mol. The SMILES string of the molecule is CC(NCC(C)(C)C(N)=O)c1cc(F)ccc1O. The number of aromatic hydroxyl groups is 1. The van der Waals surface area contributed by atoms with E-state index in [0.717, 1.165) is 0 Å². The van der Waals surface area contributed by atoms with Crippen LogP contribution in [0.15, 0.2) is 18.2 Å². The summed E-state index contributed by atoms with van der Waals surface area (Å²) in [7, 11) is 0. The topological polar surface area (TPSA) is 75.3 Å². The van der Waals surface area contributed by atoms with Crippen molar-refractivity contribution in [1.29, 1.82) is 0 Å². The minimum atomic E-state index is -0.697. The fourth-order valence-electron chi connectivity index (χ4n) is 1.48. The van der Waals surface area contributed by atoms with Gasteiger partial charge in [-0.2, -0.15) is 0 Å². The summed E-state index contributed by atoms with van der Waals surface area (Å²) in [5.74, 6) is -0.801. The van der Waals surface area contributed by atoms with E-state index in [0.29, 0.717) is 12.1 Å². The monoisotopic (exact) mass is 254 g/mol. The van der Waals surface area contributed by atoms with Crippen molar-refractivity contribution in [3.8, 4) is 5.75 Å². The second-order valence-corrected chi connectivity index (χ2v) is 5.05. The third kappa shape index (κ3) is 3.43. The number of carbonyl (C=O) groups is 1. The Hall–Kier alpha value is -1.62. The molecule has 0 bridgehead atoms. The van der Waals surface area contributed by atoms with Crippen molar-refractivity contribution >= 4 is 5.91 Å². The normalized spacial score (nSPS) is 13.3. The van der Waals surface area contributed by atoms with Crippen LogP contribution >= 0.6 is 0 Å². The lowest BCUT2D eigenvalue weighted by Crippen LogP contribution is -2.41. The van der Waals surface area contributed by atoms with Crippen LogP contribution in [0.5, 0.6) is 5.75 Å². The lowest BCUT2D eigenvalue weighted by molar-refractivity contribution is -0.125. The summed E-state index contributed by atoms with van der Waals surface area (Å²) in [6.07, 6.45) is 0. The summed E-state index contributed by atoms with van der Waals surface area (Å²) >= 11 is 0. The van der Waals surface area contributed by atoms with Crippen molar-refractivity contribution in [3.63, 3.8) is 0 Å². The van der Waals surface area contributed by atoms with Gasteiger partial charge in [-0.25, -0.2) is 4.39 Å². The van der Waals surface area contributed by atoms with E-state index in [4.69, 9.17) is 5.73 Å². The number of nitrogens with two attached hydrogens (primary N) is 1. The lowest BCUT2D eigenvalue weighted by atomic mass is 9.92. The summed E-state index contributed by atoms with van der Waals surface area (Å²) in [4.78, 5) is 11.2. The number of benzene rings is 1. The summed E-state index contributed by atoms with van der Waals surface area (Å²) < 4.78 is 13.1. The minimum absolute atomic E-state index is 0.0216. The van der Waals surface area contributed by atoms with Gasteiger partial charge < -0.3 is 16.2 Å². The standard InChI is InChI=1S/C13H19FN2O2/c1-8(16-7-13(2,3)12(15)18)10-6-9(14)4-5-11(10)17/h4-6,8,16-17H,7H2,1-3H3,(H2,15,18). The maximum absolute atomic E-state index is 13.1. The molecule has 0 aliphatic heterocycles. The van der Waals surface area contributed by atoms with Gasteiger partial charge in [0.15, 0.2) is 0 Å². The molecule has 0 aliphatic rings. The van der Waals surface area contributed by atoms with Crippen LogP contribution in [0, 0.1) is 11.2 Å². The first-order chi connectivity index (χ1) is 8.24. The zero-order valence-electron chi connectivity index (χ0n) is 10.8. The fraction of sp³-hybridized carbons (Fsp3) is 0.462. The van der Waals surface area contributed by atoms with E-state index >= 15 is 0 Å². The van der Waals surface area contributed by atoms with E-state index in [9.17, 15) is 14.3 Å². The van der Waals surface area contributed by atoms with Crippen LogP contribution in [-0.4, -0.2) is 17.6 Å². The summed E-state index contributed by atoms with van der Waals surface area (Å²) in [5.41, 5.74) is 5.02. The van der Waals surface area contributed by atoms with Gasteiger partial charge in [0.2, 0.25) is 5.91 Å². The van der Waals surface area contributed by atoms with Crippen LogP contribution in [0.4, 0.5) is 4.39 Å². The summed E-state index contributed by atoms with van der Waals surface area (Å²) in [5, 5.41) is 12.7. The molecular formula is C13H19FN2O2. The molecule has 5 heteroatoms. The van der Waals surface area contributed by atoms with Gasteiger partial charge in [0.25, 0.3) is 0 Å². The predicted octanol–water partition coefficient (Wildman–Crippen LogP) is 1.69. The number of primary amides is 1. The van der Waals surface area contributed by atoms with Gasteiger partial charge in [0.05, 0.1) is 5.41 Å². The molecule has 4 nitrogen and oxygen atoms in total. The first-order valence-electron chi connectivity index (χ1n) is 5.76. The molecule has 4 N–H and O–H groups in total. The Morgan fingerprint density at radius 3 is 2.72 bits per heavy atom. The van der Waals surface area contributed by atoms with E-state index in [1.165, 1.54) is 18.2 Å². The van der Waals surface area contributed by atoms with Crippen molar-refractivity contribution < 1.29 is 14.3 Å². The molecule has 0 saturated carbocycles. The molecule has 0 fully saturated rings. The molecule has 0 aliphatic carbocycles. The fourth-order valence-corrected chi connectivity index (χ4v) is 1.48.